The molecule has 0 atom stereocenters. The van der Waals surface area contributed by atoms with Crippen molar-refractivity contribution >= 4 is 22.3 Å². The minimum absolute atomic E-state index is 0.519. The molecule has 0 unspecified atom stereocenters. The molecule has 0 aromatic heterocycles. The van der Waals surface area contributed by atoms with Crippen LogP contribution < -0.4 is 0 Å². The van der Waals surface area contributed by atoms with Crippen LogP contribution in [0.15, 0.2) is 11.8 Å². The van der Waals surface area contributed by atoms with Gasteiger partial charge in [0.25, 0.3) is 0 Å². The Hall–Kier alpha value is 0.391. The van der Waals surface area contributed by atoms with Crippen molar-refractivity contribution in [2.45, 2.75) is 58.2 Å². The van der Waals surface area contributed by atoms with Crippen molar-refractivity contribution in [3.05, 3.63) is 11.8 Å². The maximum absolute atomic E-state index is 2.66. The lowest BCUT2D eigenvalue weighted by Gasteiger charge is -2.57. The van der Waals surface area contributed by atoms with E-state index in [1.165, 1.54) is 0 Å². The third kappa shape index (κ3) is 1.36. The maximum Gasteiger partial charge on any atom is 0.0619 e. The molecule has 0 aliphatic carbocycles. The van der Waals surface area contributed by atoms with Gasteiger partial charge in [-0.15, -0.1) is 5.70 Å². The Balaban J connectivity index is 3.36. The topological polar surface area (TPSA) is 0 Å². The van der Waals surface area contributed by atoms with E-state index < -0.39 is 22.3 Å². The van der Waals surface area contributed by atoms with Crippen LogP contribution in [0.3, 0.4) is 0 Å². The Morgan fingerprint density at radius 1 is 0.857 bits per heavy atom. The zero-order valence-electron chi connectivity index (χ0n) is 11.2. The van der Waals surface area contributed by atoms with E-state index in [0.717, 1.165) is 0 Å². The van der Waals surface area contributed by atoms with Gasteiger partial charge in [-0.05, 0) is 5.04 Å². The minimum atomic E-state index is -1.07. The molecule has 0 radical (unpaired) electrons. The highest BCUT2D eigenvalue weighted by Gasteiger charge is 2.58. The molecule has 0 amide bonds. The Labute approximate surface area is 92.4 Å². The van der Waals surface area contributed by atoms with Crippen LogP contribution in [0, 0.1) is 0 Å². The summed E-state index contributed by atoms with van der Waals surface area (Å²) in [6.07, 6.45) is 2.56. The lowest BCUT2D eigenvalue weighted by molar-refractivity contribution is 0.821. The Morgan fingerprint density at radius 2 is 1.29 bits per heavy atom. The van der Waals surface area contributed by atoms with E-state index in [-0.39, 0.29) is 0 Å². The smallest absolute Gasteiger partial charge is 0.0619 e. The molecule has 3 heteroatoms. The fraction of sp³-hybridized carbons (Fsp3) is 0.818. The molecule has 14 heavy (non-hydrogen) atoms. The van der Waals surface area contributed by atoms with Crippen molar-refractivity contribution in [3.8, 4) is 0 Å². The summed E-state index contributed by atoms with van der Waals surface area (Å²) in [5.74, 6) is 0. The van der Waals surface area contributed by atoms with Gasteiger partial charge in [0.05, 0.1) is 7.59 Å². The summed E-state index contributed by atoms with van der Waals surface area (Å²) in [6.45, 7) is 20.7. The molecule has 0 fully saturated rings. The van der Waals surface area contributed by atoms with E-state index >= 15 is 0 Å². The largest absolute Gasteiger partial charge is 0.101 e. The van der Waals surface area contributed by atoms with E-state index in [1.54, 1.807) is 0 Å². The summed E-state index contributed by atoms with van der Waals surface area (Å²) >= 11 is 0. The monoisotopic (exact) mass is 242 g/mol. The fourth-order valence-corrected chi connectivity index (χ4v) is 37.1. The van der Waals surface area contributed by atoms with Crippen LogP contribution >= 0.6 is 0 Å². The van der Waals surface area contributed by atoms with Crippen LogP contribution in [0.1, 0.15) is 13.8 Å². The summed E-state index contributed by atoms with van der Waals surface area (Å²) in [5, 5.41) is 0.519. The van der Waals surface area contributed by atoms with E-state index in [1.807, 2.05) is 0 Å². The molecule has 0 aromatic carbocycles. The molecule has 1 rings (SSSR count). The van der Waals surface area contributed by atoms with E-state index in [9.17, 15) is 0 Å². The van der Waals surface area contributed by atoms with E-state index in [2.05, 4.69) is 64.9 Å². The molecule has 0 saturated carbocycles. The summed E-state index contributed by atoms with van der Waals surface area (Å²) < 4.78 is 0. The summed E-state index contributed by atoms with van der Waals surface area (Å²) in [7, 11) is -3.08. The fourth-order valence-electron chi connectivity index (χ4n) is 2.44. The predicted octanol–water partition coefficient (Wildman–Crippen LogP) is 4.16. The second-order valence-electron chi connectivity index (χ2n) is 7.03. The Kier molecular flexibility index (Phi) is 2.63. The first kappa shape index (κ1) is 12.5. The van der Waals surface area contributed by atoms with Crippen molar-refractivity contribution in [2.75, 3.05) is 0 Å². The molecule has 0 spiro atoms. The molecule has 1 aliphatic heterocycles. The normalized spacial score (nSPS) is 31.4. The van der Waals surface area contributed by atoms with Crippen molar-refractivity contribution < 1.29 is 0 Å². The van der Waals surface area contributed by atoms with Gasteiger partial charge in [-0.2, -0.15) is 0 Å². The second kappa shape index (κ2) is 2.95. The molecule has 0 N–H and O–H groups in total. The highest BCUT2D eigenvalue weighted by molar-refractivity contribution is 7.70. The summed E-state index contributed by atoms with van der Waals surface area (Å²) in [4.78, 5) is 0. The third-order valence-electron chi connectivity index (χ3n) is 5.70. The van der Waals surface area contributed by atoms with Crippen LogP contribution in [0.4, 0.5) is 0 Å². The highest BCUT2D eigenvalue weighted by atomic mass is 29.6. The van der Waals surface area contributed by atoms with Crippen molar-refractivity contribution in [1.82, 2.24) is 0 Å². The lowest BCUT2D eigenvalue weighted by atomic mass is 10.2. The molecular weight excluding hydrogens is 216 g/mol. The van der Waals surface area contributed by atoms with Crippen LogP contribution in [0.25, 0.3) is 0 Å². The zero-order valence-corrected chi connectivity index (χ0v) is 14.2. The average molecular weight is 243 g/mol. The van der Waals surface area contributed by atoms with Crippen molar-refractivity contribution in [1.29, 1.82) is 0 Å². The molecule has 1 heterocycles. The molecule has 0 saturated heterocycles. The van der Waals surface area contributed by atoms with Gasteiger partial charge < -0.3 is 0 Å². The van der Waals surface area contributed by atoms with Crippen LogP contribution in [-0.2, 0) is 0 Å². The molecule has 1 aliphatic rings. The first-order chi connectivity index (χ1) is 5.96. The average Bonchev–Trinajstić information content (AvgIpc) is 1.98. The number of hydrogen-bond donors (Lipinski definition) is 0. The molecular formula is C11H26Si3. The second-order valence-corrected chi connectivity index (χ2v) is 35.2. The van der Waals surface area contributed by atoms with Crippen molar-refractivity contribution in [2.24, 2.45) is 0 Å². The van der Waals surface area contributed by atoms with E-state index in [4.69, 9.17) is 0 Å². The SMILES string of the molecule is CC1(C)C=C[Si](C)(C)[Si](C)(C)[Si]1(C)C. The van der Waals surface area contributed by atoms with Crippen LogP contribution in [0.2, 0.25) is 44.3 Å². The van der Waals surface area contributed by atoms with Gasteiger partial charge in [0.2, 0.25) is 0 Å². The van der Waals surface area contributed by atoms with Gasteiger partial charge in [-0.3, -0.25) is 0 Å². The maximum atomic E-state index is 2.66. The molecule has 82 valence electrons. The van der Waals surface area contributed by atoms with Gasteiger partial charge in [0.15, 0.2) is 0 Å². The zero-order chi connectivity index (χ0) is 11.4. The first-order valence-electron chi connectivity index (χ1n) is 5.66. The quantitative estimate of drug-likeness (QED) is 0.560. The molecule has 0 nitrogen and oxygen atoms in total. The van der Waals surface area contributed by atoms with Crippen molar-refractivity contribution in [3.63, 3.8) is 0 Å². The van der Waals surface area contributed by atoms with Gasteiger partial charge in [-0.1, -0.05) is 59.2 Å². The van der Waals surface area contributed by atoms with Gasteiger partial charge in [0, 0.05) is 14.7 Å². The first-order valence-corrected chi connectivity index (χ1v) is 16.7. The molecule has 0 bridgehead atoms. The third-order valence-corrected chi connectivity index (χ3v) is 49.3. The summed E-state index contributed by atoms with van der Waals surface area (Å²) in [5.41, 5.74) is 2.64. The van der Waals surface area contributed by atoms with Gasteiger partial charge in [0.1, 0.15) is 0 Å². The Bertz CT molecular complexity index is 244. The number of allylic oxidation sites excluding steroid dienone is 1. The number of hydrogen-bond acceptors (Lipinski definition) is 0. The van der Waals surface area contributed by atoms with Gasteiger partial charge in [-0.25, -0.2) is 0 Å². The lowest BCUT2D eigenvalue weighted by Crippen LogP contribution is -2.74. The standard InChI is InChI=1S/C11H26Si3/c1-11(2)9-10-12(3,4)14(7,8)13(11,5)6/h9-10H,1-8H3. The Morgan fingerprint density at radius 3 is 1.64 bits per heavy atom. The highest BCUT2D eigenvalue weighted by Crippen LogP contribution is 2.50. The summed E-state index contributed by atoms with van der Waals surface area (Å²) in [6, 6.07) is 0. The number of rotatable bonds is 0. The minimum Gasteiger partial charge on any atom is -0.101 e. The van der Waals surface area contributed by atoms with Gasteiger partial charge >= 0.3 is 0 Å². The van der Waals surface area contributed by atoms with Crippen LogP contribution in [0.5, 0.6) is 0 Å². The molecule has 0 aromatic rings. The van der Waals surface area contributed by atoms with Crippen LogP contribution in [-0.4, -0.2) is 22.3 Å². The predicted molar refractivity (Wildman–Crippen MR) is 75.6 cm³/mol. The van der Waals surface area contributed by atoms with E-state index in [0.29, 0.717) is 5.04 Å².